The number of nitrogens with one attached hydrogen (secondary N) is 2. The monoisotopic (exact) mass is 238 g/mol. The van der Waals surface area contributed by atoms with Gasteiger partial charge < -0.3 is 10.1 Å². The first-order valence-electron chi connectivity index (χ1n) is 6.60. The molecule has 0 saturated carbocycles. The van der Waals surface area contributed by atoms with Gasteiger partial charge in [-0.3, -0.25) is 0 Å². The van der Waals surface area contributed by atoms with E-state index in [1.54, 1.807) is 0 Å². The molecule has 5 nitrogen and oxygen atoms in total. The number of aromatic nitrogens is 3. The van der Waals surface area contributed by atoms with Crippen molar-refractivity contribution in [2.45, 2.75) is 51.2 Å². The van der Waals surface area contributed by atoms with Crippen LogP contribution in [0.2, 0.25) is 0 Å². The lowest BCUT2D eigenvalue weighted by atomic mass is 10.0. The maximum absolute atomic E-state index is 5.65. The smallest absolute Gasteiger partial charge is 0.0993 e. The summed E-state index contributed by atoms with van der Waals surface area (Å²) in [5.41, 5.74) is 1.01. The van der Waals surface area contributed by atoms with Crippen molar-refractivity contribution in [1.82, 2.24) is 20.7 Å². The molecule has 96 valence electrons. The van der Waals surface area contributed by atoms with Gasteiger partial charge in [0.05, 0.1) is 24.0 Å². The van der Waals surface area contributed by atoms with Gasteiger partial charge in [0.1, 0.15) is 0 Å². The molecule has 0 bridgehead atoms. The van der Waals surface area contributed by atoms with Crippen LogP contribution >= 0.6 is 0 Å². The Morgan fingerprint density at radius 2 is 2.59 bits per heavy atom. The van der Waals surface area contributed by atoms with E-state index in [-0.39, 0.29) is 0 Å². The van der Waals surface area contributed by atoms with E-state index in [2.05, 4.69) is 27.7 Å². The van der Waals surface area contributed by atoms with Crippen LogP contribution in [-0.2, 0) is 4.74 Å². The molecule has 0 aromatic carbocycles. The maximum atomic E-state index is 5.65. The molecule has 1 aliphatic rings. The fraction of sp³-hybridized carbons (Fsp3) is 0.833. The molecule has 2 unspecified atom stereocenters. The lowest BCUT2D eigenvalue weighted by Crippen LogP contribution is -2.24. The molecule has 1 saturated heterocycles. The van der Waals surface area contributed by atoms with E-state index in [0.717, 1.165) is 38.1 Å². The van der Waals surface area contributed by atoms with Gasteiger partial charge in [-0.05, 0) is 38.6 Å². The van der Waals surface area contributed by atoms with Gasteiger partial charge in [-0.25, -0.2) is 0 Å². The molecule has 0 radical (unpaired) electrons. The average Bonchev–Trinajstić information content (AvgIpc) is 3.01. The van der Waals surface area contributed by atoms with Gasteiger partial charge in [0.25, 0.3) is 0 Å². The molecular weight excluding hydrogens is 216 g/mol. The zero-order valence-electron chi connectivity index (χ0n) is 10.5. The third-order valence-electron chi connectivity index (χ3n) is 3.23. The Bertz CT molecular complexity index is 295. The summed E-state index contributed by atoms with van der Waals surface area (Å²) < 4.78 is 5.65. The van der Waals surface area contributed by atoms with Crippen molar-refractivity contribution in [1.29, 1.82) is 0 Å². The van der Waals surface area contributed by atoms with Gasteiger partial charge in [0.2, 0.25) is 0 Å². The highest BCUT2D eigenvalue weighted by atomic mass is 16.5. The second-order valence-electron chi connectivity index (χ2n) is 4.61. The predicted octanol–water partition coefficient (Wildman–Crippen LogP) is 1.80. The van der Waals surface area contributed by atoms with E-state index in [0.29, 0.717) is 12.1 Å². The van der Waals surface area contributed by atoms with Gasteiger partial charge in [0.15, 0.2) is 0 Å². The predicted molar refractivity (Wildman–Crippen MR) is 65.6 cm³/mol. The Kier molecular flexibility index (Phi) is 4.94. The van der Waals surface area contributed by atoms with Gasteiger partial charge in [-0.2, -0.15) is 15.4 Å². The van der Waals surface area contributed by atoms with Crippen LogP contribution in [0.25, 0.3) is 0 Å². The van der Waals surface area contributed by atoms with Crippen molar-refractivity contribution < 1.29 is 4.74 Å². The summed E-state index contributed by atoms with van der Waals surface area (Å²) >= 11 is 0. The number of hydrogen-bond donors (Lipinski definition) is 2. The summed E-state index contributed by atoms with van der Waals surface area (Å²) in [4.78, 5) is 0. The van der Waals surface area contributed by atoms with Crippen molar-refractivity contribution in [2.75, 3.05) is 13.2 Å². The molecule has 1 aromatic heterocycles. The first-order valence-corrected chi connectivity index (χ1v) is 6.60. The normalized spacial score (nSPS) is 21.8. The highest BCUT2D eigenvalue weighted by molar-refractivity contribution is 4.99. The van der Waals surface area contributed by atoms with E-state index in [9.17, 15) is 0 Å². The fourth-order valence-corrected chi connectivity index (χ4v) is 2.28. The Labute approximate surface area is 102 Å². The summed E-state index contributed by atoms with van der Waals surface area (Å²) in [5, 5.41) is 14.3. The lowest BCUT2D eigenvalue weighted by molar-refractivity contribution is 0.0994. The Morgan fingerprint density at radius 1 is 1.65 bits per heavy atom. The summed E-state index contributed by atoms with van der Waals surface area (Å²) in [6.07, 6.45) is 7.98. The van der Waals surface area contributed by atoms with E-state index >= 15 is 0 Å². The van der Waals surface area contributed by atoms with Gasteiger partial charge in [-0.1, -0.05) is 6.92 Å². The third-order valence-corrected chi connectivity index (χ3v) is 3.23. The van der Waals surface area contributed by atoms with Crippen LogP contribution < -0.4 is 5.32 Å². The number of rotatable bonds is 7. The molecule has 1 fully saturated rings. The van der Waals surface area contributed by atoms with Gasteiger partial charge >= 0.3 is 0 Å². The van der Waals surface area contributed by atoms with E-state index in [1.165, 1.54) is 12.8 Å². The second-order valence-corrected chi connectivity index (χ2v) is 4.61. The van der Waals surface area contributed by atoms with Crippen LogP contribution in [0.1, 0.15) is 50.8 Å². The minimum atomic E-state index is 0.304. The highest BCUT2D eigenvalue weighted by Crippen LogP contribution is 2.22. The fourth-order valence-electron chi connectivity index (χ4n) is 2.28. The second kappa shape index (κ2) is 6.71. The number of H-pyrrole nitrogens is 1. The number of hydrogen-bond acceptors (Lipinski definition) is 4. The largest absolute Gasteiger partial charge is 0.378 e. The van der Waals surface area contributed by atoms with Crippen LogP contribution in [0.5, 0.6) is 0 Å². The van der Waals surface area contributed by atoms with Crippen molar-refractivity contribution in [3.63, 3.8) is 0 Å². The Morgan fingerprint density at radius 3 is 3.24 bits per heavy atom. The molecule has 17 heavy (non-hydrogen) atoms. The maximum Gasteiger partial charge on any atom is 0.0993 e. The average molecular weight is 238 g/mol. The molecule has 2 atom stereocenters. The van der Waals surface area contributed by atoms with Crippen molar-refractivity contribution in [3.8, 4) is 0 Å². The lowest BCUT2D eigenvalue weighted by Gasteiger charge is -2.17. The minimum absolute atomic E-state index is 0.304. The summed E-state index contributed by atoms with van der Waals surface area (Å²) in [7, 11) is 0. The standard InChI is InChI=1S/C12H22N4O/c1-2-7-13-11(12-9-14-16-15-12)6-5-10-4-3-8-17-10/h9-11,13H,2-8H2,1H3,(H,14,15,16). The van der Waals surface area contributed by atoms with E-state index in [1.807, 2.05) is 6.20 Å². The topological polar surface area (TPSA) is 62.8 Å². The zero-order valence-corrected chi connectivity index (χ0v) is 10.5. The molecule has 0 aliphatic carbocycles. The zero-order chi connectivity index (χ0) is 11.9. The molecular formula is C12H22N4O. The van der Waals surface area contributed by atoms with Gasteiger partial charge in [-0.15, -0.1) is 0 Å². The summed E-state index contributed by atoms with van der Waals surface area (Å²) in [6, 6.07) is 0.304. The molecule has 0 amide bonds. The van der Waals surface area contributed by atoms with E-state index in [4.69, 9.17) is 4.74 Å². The molecule has 1 aromatic rings. The molecule has 5 heteroatoms. The minimum Gasteiger partial charge on any atom is -0.378 e. The Balaban J connectivity index is 1.82. The van der Waals surface area contributed by atoms with Crippen molar-refractivity contribution in [2.24, 2.45) is 0 Å². The molecule has 0 spiro atoms. The number of ether oxygens (including phenoxy) is 1. The van der Waals surface area contributed by atoms with Crippen LogP contribution in [-0.4, -0.2) is 34.7 Å². The molecule has 2 N–H and O–H groups in total. The number of nitrogens with zero attached hydrogens (tertiary/aromatic N) is 2. The van der Waals surface area contributed by atoms with Crippen LogP contribution in [0, 0.1) is 0 Å². The van der Waals surface area contributed by atoms with Crippen molar-refractivity contribution >= 4 is 0 Å². The SMILES string of the molecule is CCCNC(CCC1CCCO1)c1cn[nH]n1. The molecule has 1 aliphatic heterocycles. The third kappa shape index (κ3) is 3.78. The first-order chi connectivity index (χ1) is 8.40. The molecule has 2 heterocycles. The van der Waals surface area contributed by atoms with Crippen LogP contribution in [0.3, 0.4) is 0 Å². The summed E-state index contributed by atoms with van der Waals surface area (Å²) in [5.74, 6) is 0. The van der Waals surface area contributed by atoms with Crippen molar-refractivity contribution in [3.05, 3.63) is 11.9 Å². The van der Waals surface area contributed by atoms with Crippen LogP contribution in [0.15, 0.2) is 6.20 Å². The molecule has 2 rings (SSSR count). The Hall–Kier alpha value is -0.940. The van der Waals surface area contributed by atoms with Crippen LogP contribution in [0.4, 0.5) is 0 Å². The van der Waals surface area contributed by atoms with Gasteiger partial charge in [0, 0.05) is 6.61 Å². The number of aromatic amines is 1. The first kappa shape index (κ1) is 12.5. The summed E-state index contributed by atoms with van der Waals surface area (Å²) in [6.45, 7) is 4.12. The highest BCUT2D eigenvalue weighted by Gasteiger charge is 2.19. The quantitative estimate of drug-likeness (QED) is 0.760. The van der Waals surface area contributed by atoms with E-state index < -0.39 is 0 Å².